The molecule has 0 aliphatic rings. The van der Waals surface area contributed by atoms with Crippen molar-refractivity contribution in [3.05, 3.63) is 65.9 Å². The number of carbonyl (C=O) groups excluding carboxylic acids is 4. The molecule has 0 aliphatic heterocycles. The zero-order valence-electron chi connectivity index (χ0n) is 24.2. The van der Waals surface area contributed by atoms with Gasteiger partial charge in [-0.15, -0.1) is 0 Å². The molecule has 212 valence electrons. The van der Waals surface area contributed by atoms with Crippen molar-refractivity contribution < 1.29 is 23.9 Å². The van der Waals surface area contributed by atoms with Gasteiger partial charge in [0.15, 0.2) is 0 Å². The zero-order valence-corrected chi connectivity index (χ0v) is 24.2. The number of Topliss-reactive ketones (excluding diaryl/α,β-unsaturated/α-hetero) is 1. The molecular formula is C30H42N4O5. The van der Waals surface area contributed by atoms with E-state index >= 15 is 0 Å². The Kier molecular flexibility index (Phi) is 14.0. The molecule has 9 heteroatoms. The minimum atomic E-state index is -0.627. The summed E-state index contributed by atoms with van der Waals surface area (Å²) in [6.07, 6.45) is 10.7. The maximum Gasteiger partial charge on any atom is 0.295 e. The van der Waals surface area contributed by atoms with Gasteiger partial charge in [0.1, 0.15) is 5.75 Å². The molecule has 0 saturated carbocycles. The molecule has 0 fully saturated rings. The molecule has 0 spiro atoms. The van der Waals surface area contributed by atoms with Gasteiger partial charge in [-0.2, -0.15) is 0 Å². The molecule has 0 saturated heterocycles. The Labute approximate surface area is 231 Å². The smallest absolute Gasteiger partial charge is 0.295 e. The lowest BCUT2D eigenvalue weighted by Crippen LogP contribution is -2.36. The lowest BCUT2D eigenvalue weighted by Gasteiger charge is -2.17. The van der Waals surface area contributed by atoms with E-state index in [1.54, 1.807) is 29.2 Å². The van der Waals surface area contributed by atoms with Crippen LogP contribution >= 0.6 is 0 Å². The van der Waals surface area contributed by atoms with E-state index in [-0.39, 0.29) is 17.4 Å². The number of likely N-dealkylation sites (N-methyl/N-ethyl adjacent to an activating group) is 2. The average molecular weight is 539 g/mol. The second-order valence-corrected chi connectivity index (χ2v) is 8.48. The normalized spacial score (nSPS) is 11.0. The predicted molar refractivity (Wildman–Crippen MR) is 156 cm³/mol. The molecule has 0 atom stereocenters. The Morgan fingerprint density at radius 1 is 1.00 bits per heavy atom. The van der Waals surface area contributed by atoms with Crippen LogP contribution in [0.4, 0.5) is 0 Å². The highest BCUT2D eigenvalue weighted by Gasteiger charge is 2.27. The number of methoxy groups -OCH3 is 1. The second-order valence-electron chi connectivity index (χ2n) is 8.48. The van der Waals surface area contributed by atoms with Crippen LogP contribution in [0.25, 0.3) is 10.9 Å². The second kappa shape index (κ2) is 16.7. The number of hydrogen-bond acceptors (Lipinski definition) is 5. The van der Waals surface area contributed by atoms with Crippen LogP contribution in [0.1, 0.15) is 61.3 Å². The van der Waals surface area contributed by atoms with E-state index in [1.165, 1.54) is 25.3 Å². The highest BCUT2D eigenvalue weighted by molar-refractivity contribution is 6.45. The summed E-state index contributed by atoms with van der Waals surface area (Å²) in [7, 11) is 4.81. The molecular weight excluding hydrogens is 496 g/mol. The minimum absolute atomic E-state index is 0.0816. The highest BCUT2D eigenvalue weighted by Crippen LogP contribution is 2.32. The lowest BCUT2D eigenvalue weighted by molar-refractivity contribution is -0.126. The van der Waals surface area contributed by atoms with Gasteiger partial charge in [0.2, 0.25) is 5.91 Å². The van der Waals surface area contributed by atoms with Crippen LogP contribution < -0.4 is 10.1 Å². The summed E-state index contributed by atoms with van der Waals surface area (Å²) in [6, 6.07) is 3.22. The number of fused-ring (bicyclic) bond motifs is 1. The van der Waals surface area contributed by atoms with Gasteiger partial charge in [-0.25, -0.2) is 0 Å². The third kappa shape index (κ3) is 8.43. The predicted octanol–water partition coefficient (Wildman–Crippen LogP) is 4.52. The van der Waals surface area contributed by atoms with E-state index in [0.717, 1.165) is 18.5 Å². The lowest BCUT2D eigenvalue weighted by atomic mass is 10.0. The fourth-order valence-corrected chi connectivity index (χ4v) is 3.79. The summed E-state index contributed by atoms with van der Waals surface area (Å²) in [5.41, 5.74) is 1.83. The largest absolute Gasteiger partial charge is 0.496 e. The summed E-state index contributed by atoms with van der Waals surface area (Å²) >= 11 is 0. The van der Waals surface area contributed by atoms with Crippen molar-refractivity contribution in [2.24, 2.45) is 0 Å². The molecule has 9 nitrogen and oxygen atoms in total. The van der Waals surface area contributed by atoms with Gasteiger partial charge < -0.3 is 24.8 Å². The first-order chi connectivity index (χ1) is 18.7. The van der Waals surface area contributed by atoms with E-state index in [9.17, 15) is 19.2 Å². The first-order valence-electron chi connectivity index (χ1n) is 13.1. The van der Waals surface area contributed by atoms with Crippen LogP contribution in [0.2, 0.25) is 0 Å². The van der Waals surface area contributed by atoms with Crippen molar-refractivity contribution in [2.75, 3.05) is 40.8 Å². The van der Waals surface area contributed by atoms with E-state index in [1.807, 2.05) is 33.9 Å². The van der Waals surface area contributed by atoms with E-state index in [0.29, 0.717) is 41.7 Å². The molecule has 1 aromatic heterocycles. The Morgan fingerprint density at radius 3 is 2.18 bits per heavy atom. The summed E-state index contributed by atoms with van der Waals surface area (Å²) < 4.78 is 5.31. The molecule has 0 radical (unpaired) electrons. The van der Waals surface area contributed by atoms with Gasteiger partial charge >= 0.3 is 0 Å². The molecule has 3 amide bonds. The number of allylic oxidation sites excluding steroid dienone is 4. The third-order valence-electron chi connectivity index (χ3n) is 6.13. The number of H-pyrrole nitrogens is 1. The number of rotatable bonds is 12. The molecule has 39 heavy (non-hydrogen) atoms. The van der Waals surface area contributed by atoms with Crippen LogP contribution in [-0.4, -0.2) is 79.1 Å². The van der Waals surface area contributed by atoms with Crippen LogP contribution in [0.15, 0.2) is 54.8 Å². The fourth-order valence-electron chi connectivity index (χ4n) is 3.79. The van der Waals surface area contributed by atoms with Crippen molar-refractivity contribution in [2.45, 2.75) is 40.5 Å². The van der Waals surface area contributed by atoms with Crippen LogP contribution in [0.5, 0.6) is 5.75 Å². The number of aromatic nitrogens is 1. The number of hydrogen-bond donors (Lipinski definition) is 2. The summed E-state index contributed by atoms with van der Waals surface area (Å²) in [5.74, 6) is -0.989. The Bertz CT molecular complexity index is 1220. The van der Waals surface area contributed by atoms with Gasteiger partial charge in [-0.3, -0.25) is 19.2 Å². The number of aromatic amines is 1. The van der Waals surface area contributed by atoms with Gasteiger partial charge in [-0.05, 0) is 45.7 Å². The van der Waals surface area contributed by atoms with Crippen LogP contribution in [0.3, 0.4) is 0 Å². The van der Waals surface area contributed by atoms with Crippen molar-refractivity contribution in [1.29, 1.82) is 0 Å². The summed E-state index contributed by atoms with van der Waals surface area (Å²) in [5, 5.41) is 2.98. The SMILES string of the molecule is C=C/C=C(\C/C=C\CC)C(=O)N(C)CC.CCN(CC)C(=O)C(=O)c1c[nH]c2c(C(=O)NC)ccc(OC)c12. The molecule has 0 bridgehead atoms. The number of nitrogens with one attached hydrogen (secondary N) is 2. The monoisotopic (exact) mass is 538 g/mol. The van der Waals surface area contributed by atoms with Gasteiger partial charge in [0.25, 0.3) is 17.6 Å². The molecule has 2 rings (SSSR count). The van der Waals surface area contributed by atoms with Crippen LogP contribution in [-0.2, 0) is 9.59 Å². The maximum atomic E-state index is 12.6. The van der Waals surface area contributed by atoms with Crippen molar-refractivity contribution in [1.82, 2.24) is 20.1 Å². The van der Waals surface area contributed by atoms with Crippen molar-refractivity contribution >= 4 is 34.4 Å². The molecule has 2 N–H and O–H groups in total. The first kappa shape index (κ1) is 32.9. The molecule has 0 unspecified atom stereocenters. The number of ketones is 1. The quantitative estimate of drug-likeness (QED) is 0.136. The van der Waals surface area contributed by atoms with E-state index < -0.39 is 11.7 Å². The highest BCUT2D eigenvalue weighted by atomic mass is 16.5. The van der Waals surface area contributed by atoms with Crippen LogP contribution in [0, 0.1) is 0 Å². The first-order valence-corrected chi connectivity index (χ1v) is 13.1. The number of ether oxygens (including phenoxy) is 1. The summed E-state index contributed by atoms with van der Waals surface area (Å²) in [4.78, 5) is 54.9. The standard InChI is InChI=1S/C17H21N3O4.C13H21NO/c1-5-20(6-2)17(23)15(21)11-9-19-14-10(16(22)18-3)7-8-12(24-4)13(11)14;1-5-8-9-11-12(10-6-2)13(15)14(4)7-3/h7-9,19H,5-6H2,1-4H3,(H,18,22);6,8-10H,2,5,7,11H2,1,3-4H3/b;9-8-,12-10+. The number of carbonyl (C=O) groups is 4. The van der Waals surface area contributed by atoms with E-state index in [4.69, 9.17) is 4.74 Å². The topological polar surface area (TPSA) is 112 Å². The third-order valence-corrected chi connectivity index (χ3v) is 6.13. The summed E-state index contributed by atoms with van der Waals surface area (Å²) in [6.45, 7) is 12.9. The van der Waals surface area contributed by atoms with Crippen molar-refractivity contribution in [3.8, 4) is 5.75 Å². The Morgan fingerprint density at radius 2 is 1.67 bits per heavy atom. The zero-order chi connectivity index (χ0) is 29.5. The molecule has 2 aromatic rings. The van der Waals surface area contributed by atoms with Gasteiger partial charge in [0.05, 0.1) is 29.1 Å². The molecule has 1 heterocycles. The minimum Gasteiger partial charge on any atom is -0.496 e. The number of benzene rings is 1. The maximum absolute atomic E-state index is 12.6. The molecule has 0 aliphatic carbocycles. The number of amides is 3. The Balaban J connectivity index is 0.000000439. The Hall–Kier alpha value is -4.14. The van der Waals surface area contributed by atoms with E-state index in [2.05, 4.69) is 29.9 Å². The molecule has 1 aromatic carbocycles. The van der Waals surface area contributed by atoms with Gasteiger partial charge in [-0.1, -0.05) is 37.8 Å². The van der Waals surface area contributed by atoms with Crippen molar-refractivity contribution in [3.63, 3.8) is 0 Å². The number of nitrogens with zero attached hydrogens (tertiary/aromatic N) is 2. The fraction of sp³-hybridized carbons (Fsp3) is 0.400. The average Bonchev–Trinajstić information content (AvgIpc) is 3.41. The van der Waals surface area contributed by atoms with Gasteiger partial charge in [0, 0.05) is 45.5 Å².